The highest BCUT2D eigenvalue weighted by Crippen LogP contribution is 2.28. The van der Waals surface area contributed by atoms with Gasteiger partial charge in [0.05, 0.1) is 18.5 Å². The number of rotatable bonds is 3. The van der Waals surface area contributed by atoms with Crippen LogP contribution in [0, 0.1) is 0 Å². The monoisotopic (exact) mass is 335 g/mol. The zero-order chi connectivity index (χ0) is 17.4. The number of carbonyl (C=O) groups excluding carboxylic acids is 1. The second-order valence-corrected chi connectivity index (χ2v) is 5.79. The van der Waals surface area contributed by atoms with E-state index in [9.17, 15) is 4.79 Å². The molecule has 1 aromatic carbocycles. The molecule has 7 heteroatoms. The van der Waals surface area contributed by atoms with Gasteiger partial charge in [0.15, 0.2) is 5.82 Å². The second-order valence-electron chi connectivity index (χ2n) is 5.79. The molecule has 1 amide bonds. The van der Waals surface area contributed by atoms with Gasteiger partial charge in [-0.3, -0.25) is 4.79 Å². The highest BCUT2D eigenvalue weighted by Gasteiger charge is 2.19. The minimum Gasteiger partial charge on any atom is -0.495 e. The summed E-state index contributed by atoms with van der Waals surface area (Å²) in [4.78, 5) is 20.9. The van der Waals surface area contributed by atoms with Crippen LogP contribution in [0.1, 0.15) is 10.5 Å². The van der Waals surface area contributed by atoms with Crippen LogP contribution in [0.4, 0.5) is 5.69 Å². The van der Waals surface area contributed by atoms with Crippen LogP contribution in [0.3, 0.4) is 0 Å². The van der Waals surface area contributed by atoms with E-state index in [4.69, 9.17) is 10.5 Å². The van der Waals surface area contributed by atoms with Gasteiger partial charge in [-0.25, -0.2) is 9.97 Å². The van der Waals surface area contributed by atoms with Crippen LogP contribution >= 0.6 is 0 Å². The van der Waals surface area contributed by atoms with Gasteiger partial charge in [-0.15, -0.1) is 0 Å². The lowest BCUT2D eigenvalue weighted by Gasteiger charge is -2.14. The van der Waals surface area contributed by atoms with Crippen molar-refractivity contribution in [3.63, 3.8) is 0 Å². The molecule has 25 heavy (non-hydrogen) atoms. The summed E-state index contributed by atoms with van der Waals surface area (Å²) in [6.07, 6.45) is 3.65. The number of nitrogens with one attached hydrogen (secondary N) is 1. The lowest BCUT2D eigenvalue weighted by atomic mass is 10.1. The third-order valence-corrected chi connectivity index (χ3v) is 4.21. The number of nitrogen functional groups attached to an aromatic ring is 1. The van der Waals surface area contributed by atoms with E-state index < -0.39 is 0 Å². The fourth-order valence-corrected chi connectivity index (χ4v) is 2.94. The Morgan fingerprint density at radius 3 is 2.88 bits per heavy atom. The summed E-state index contributed by atoms with van der Waals surface area (Å²) < 4.78 is 7.12. The van der Waals surface area contributed by atoms with Gasteiger partial charge in [0.2, 0.25) is 0 Å². The summed E-state index contributed by atoms with van der Waals surface area (Å²) >= 11 is 0. The van der Waals surface area contributed by atoms with E-state index in [1.54, 1.807) is 25.4 Å². The third-order valence-electron chi connectivity index (χ3n) is 4.21. The van der Waals surface area contributed by atoms with E-state index in [1.165, 1.54) is 0 Å². The first-order chi connectivity index (χ1) is 12.2. The van der Waals surface area contributed by atoms with Crippen molar-refractivity contribution >= 4 is 11.6 Å². The van der Waals surface area contributed by atoms with Crippen LogP contribution in [0.25, 0.3) is 22.6 Å². The molecule has 0 unspecified atom stereocenters. The van der Waals surface area contributed by atoms with Gasteiger partial charge >= 0.3 is 0 Å². The number of ether oxygens (including phenoxy) is 1. The van der Waals surface area contributed by atoms with Crippen molar-refractivity contribution in [3.8, 4) is 28.4 Å². The lowest BCUT2D eigenvalue weighted by Crippen LogP contribution is -2.34. The summed E-state index contributed by atoms with van der Waals surface area (Å²) in [5, 5.41) is 2.84. The minimum atomic E-state index is -0.0605. The maximum absolute atomic E-state index is 11.9. The number of amides is 1. The summed E-state index contributed by atoms with van der Waals surface area (Å²) in [6, 6.07) is 9.13. The normalized spacial score (nSPS) is 13.2. The van der Waals surface area contributed by atoms with Gasteiger partial charge in [0, 0.05) is 36.6 Å². The fraction of sp³-hybridized carbons (Fsp3) is 0.167. The van der Waals surface area contributed by atoms with E-state index >= 15 is 0 Å². The van der Waals surface area contributed by atoms with Crippen LogP contribution < -0.4 is 15.8 Å². The molecule has 1 aliphatic rings. The first-order valence-corrected chi connectivity index (χ1v) is 7.91. The number of nitrogens with zero attached hydrogens (tertiary/aromatic N) is 3. The molecule has 0 fully saturated rings. The van der Waals surface area contributed by atoms with E-state index in [0.717, 1.165) is 23.4 Å². The SMILES string of the molecule is COc1ccc(-c2nccc(-c3cc4n(c3)CCNC4=O)n2)cc1N. The topological polar surface area (TPSA) is 95.1 Å². The van der Waals surface area contributed by atoms with E-state index in [1.807, 2.05) is 29.0 Å². The van der Waals surface area contributed by atoms with Crippen LogP contribution in [0.5, 0.6) is 5.75 Å². The Morgan fingerprint density at radius 1 is 1.24 bits per heavy atom. The first kappa shape index (κ1) is 15.2. The number of benzene rings is 1. The molecule has 3 heterocycles. The molecule has 3 N–H and O–H groups in total. The minimum absolute atomic E-state index is 0.0605. The zero-order valence-corrected chi connectivity index (χ0v) is 13.7. The molecule has 0 spiro atoms. The second kappa shape index (κ2) is 5.94. The van der Waals surface area contributed by atoms with Crippen molar-refractivity contribution in [2.45, 2.75) is 6.54 Å². The van der Waals surface area contributed by atoms with Crippen molar-refractivity contribution in [1.82, 2.24) is 19.9 Å². The highest BCUT2D eigenvalue weighted by atomic mass is 16.5. The number of carbonyl (C=O) groups is 1. The van der Waals surface area contributed by atoms with Crippen LogP contribution in [-0.2, 0) is 6.54 Å². The Bertz CT molecular complexity index is 964. The smallest absolute Gasteiger partial charge is 0.267 e. The molecule has 7 nitrogen and oxygen atoms in total. The van der Waals surface area contributed by atoms with Gasteiger partial charge < -0.3 is 20.4 Å². The molecule has 0 saturated carbocycles. The van der Waals surface area contributed by atoms with E-state index in [0.29, 0.717) is 29.5 Å². The highest BCUT2D eigenvalue weighted by molar-refractivity contribution is 5.94. The number of aromatic nitrogens is 3. The average Bonchev–Trinajstić information content (AvgIpc) is 3.07. The first-order valence-electron chi connectivity index (χ1n) is 7.91. The molecule has 0 atom stereocenters. The van der Waals surface area contributed by atoms with Crippen molar-refractivity contribution < 1.29 is 9.53 Å². The predicted octanol–water partition coefficient (Wildman–Crippen LogP) is 1.95. The Balaban J connectivity index is 1.73. The van der Waals surface area contributed by atoms with E-state index in [2.05, 4.69) is 15.3 Å². The summed E-state index contributed by atoms with van der Waals surface area (Å²) in [6.45, 7) is 1.40. The van der Waals surface area contributed by atoms with Crippen LogP contribution in [-0.4, -0.2) is 34.1 Å². The van der Waals surface area contributed by atoms with Crippen molar-refractivity contribution in [2.75, 3.05) is 19.4 Å². The van der Waals surface area contributed by atoms with Gasteiger partial charge in [0.1, 0.15) is 11.4 Å². The predicted molar refractivity (Wildman–Crippen MR) is 94.2 cm³/mol. The third kappa shape index (κ3) is 2.69. The molecule has 2 aromatic heterocycles. The Morgan fingerprint density at radius 2 is 2.12 bits per heavy atom. The molecule has 4 rings (SSSR count). The molecule has 0 radical (unpaired) electrons. The maximum Gasteiger partial charge on any atom is 0.267 e. The molecular formula is C18H17N5O2. The number of hydrogen-bond acceptors (Lipinski definition) is 5. The fourth-order valence-electron chi connectivity index (χ4n) is 2.94. The van der Waals surface area contributed by atoms with Gasteiger partial charge in [0.25, 0.3) is 5.91 Å². The lowest BCUT2D eigenvalue weighted by molar-refractivity contribution is 0.0928. The largest absolute Gasteiger partial charge is 0.495 e. The number of methoxy groups -OCH3 is 1. The molecule has 126 valence electrons. The van der Waals surface area contributed by atoms with Crippen molar-refractivity contribution in [3.05, 3.63) is 48.4 Å². The van der Waals surface area contributed by atoms with Gasteiger partial charge in [-0.05, 0) is 30.3 Å². The maximum atomic E-state index is 11.9. The Labute approximate surface area is 144 Å². The summed E-state index contributed by atoms with van der Waals surface area (Å²) in [7, 11) is 1.58. The van der Waals surface area contributed by atoms with Crippen LogP contribution in [0.2, 0.25) is 0 Å². The van der Waals surface area contributed by atoms with Crippen molar-refractivity contribution in [1.29, 1.82) is 0 Å². The molecule has 0 bridgehead atoms. The number of nitrogens with two attached hydrogens (primary N) is 1. The molecule has 1 aliphatic heterocycles. The quantitative estimate of drug-likeness (QED) is 0.713. The average molecular weight is 335 g/mol. The molecule has 0 saturated heterocycles. The van der Waals surface area contributed by atoms with Crippen LogP contribution in [0.15, 0.2) is 42.7 Å². The van der Waals surface area contributed by atoms with Gasteiger partial charge in [-0.2, -0.15) is 0 Å². The molecule has 0 aliphatic carbocycles. The van der Waals surface area contributed by atoms with Crippen molar-refractivity contribution in [2.24, 2.45) is 0 Å². The standard InChI is InChI=1S/C18H17N5O2/c1-25-16-3-2-11(8-13(16)19)17-20-5-4-14(22-17)12-9-15-18(24)21-6-7-23(15)10-12/h2-5,8-10H,6-7,19H2,1H3,(H,21,24). The summed E-state index contributed by atoms with van der Waals surface area (Å²) in [5.41, 5.74) is 9.60. The number of hydrogen-bond donors (Lipinski definition) is 2. The summed E-state index contributed by atoms with van der Waals surface area (Å²) in [5.74, 6) is 1.13. The van der Waals surface area contributed by atoms with E-state index in [-0.39, 0.29) is 5.91 Å². The number of fused-ring (bicyclic) bond motifs is 1. The van der Waals surface area contributed by atoms with Gasteiger partial charge in [-0.1, -0.05) is 0 Å². The number of anilines is 1. The Hall–Kier alpha value is -3.35. The molecular weight excluding hydrogens is 318 g/mol. The molecule has 3 aromatic rings. The zero-order valence-electron chi connectivity index (χ0n) is 13.7. The Kier molecular flexibility index (Phi) is 3.61.